The number of morpholine rings is 1. The van der Waals surface area contributed by atoms with E-state index in [4.69, 9.17) is 28.0 Å². The predicted octanol–water partition coefficient (Wildman–Crippen LogP) is 5.36. The van der Waals surface area contributed by atoms with Crippen molar-refractivity contribution in [2.24, 2.45) is 29.1 Å². The fraction of sp³-hybridized carbons (Fsp3) is 0.659. The molecule has 15 heteroatoms. The second kappa shape index (κ2) is 17.0. The molecule has 5 aliphatic rings. The summed E-state index contributed by atoms with van der Waals surface area (Å²) < 4.78 is 75.5. The van der Waals surface area contributed by atoms with Crippen LogP contribution in [-0.2, 0) is 38.7 Å². The van der Waals surface area contributed by atoms with Crippen LogP contribution in [-0.4, -0.2) is 105 Å². The summed E-state index contributed by atoms with van der Waals surface area (Å²) in [4.78, 5) is 66.1. The van der Waals surface area contributed by atoms with Gasteiger partial charge in [-0.05, 0) is 107 Å². The van der Waals surface area contributed by atoms with Crippen LogP contribution in [0, 0.1) is 29.1 Å². The number of methoxy groups -OCH3 is 1. The Hall–Kier alpha value is -4.24. The van der Waals surface area contributed by atoms with Crippen molar-refractivity contribution in [3.63, 3.8) is 0 Å². The number of nitrogens with one attached hydrogen (secondary N) is 1. The number of Topliss-reactive ketones (excluding diaryl/α,β-unsaturated/α-hetero) is 1. The molecule has 4 fully saturated rings. The number of pyridine rings is 1. The fourth-order valence-electron chi connectivity index (χ4n) is 9.01. The van der Waals surface area contributed by atoms with Crippen LogP contribution < -0.4 is 19.1 Å². The first kappa shape index (κ1) is 38.9. The van der Waals surface area contributed by atoms with Crippen LogP contribution in [0.3, 0.4) is 0 Å². The number of sulfonamides is 1. The third-order valence-corrected chi connectivity index (χ3v) is 14.3. The lowest BCUT2D eigenvalue weighted by molar-refractivity contribution is -0.160. The number of fused-ring (bicyclic) bond motifs is 3. The number of hydrogen-bond acceptors (Lipinski definition) is 12. The second-order valence-corrected chi connectivity index (χ2v) is 19.8. The zero-order valence-corrected chi connectivity index (χ0v) is 35.6. The fourth-order valence-corrected chi connectivity index (χ4v) is 10.4. The minimum atomic E-state index is -3.91. The molecular formula is C44H60N4O10S. The number of carbonyl (C=O) groups excluding carboxylic acids is 4. The van der Waals surface area contributed by atoms with Gasteiger partial charge in [-0.25, -0.2) is 8.42 Å². The lowest BCUT2D eigenvalue weighted by atomic mass is 9.82. The van der Waals surface area contributed by atoms with Gasteiger partial charge in [0.2, 0.25) is 27.7 Å². The summed E-state index contributed by atoms with van der Waals surface area (Å²) in [6.07, 6.45) is 5.58. The highest BCUT2D eigenvalue weighted by molar-refractivity contribution is 7.90. The number of hydrogen-bond donors (Lipinski definition) is 1. The van der Waals surface area contributed by atoms with Crippen LogP contribution in [0.25, 0.3) is 10.8 Å². The standard InChI is InChI=1S/C44H60N4O10S/c1-27-9-7-8-10-30-24-44(30,42(52)46-59(53,54)33-12-13-33)25-37(49)36-22-32(26-48(36)41(51)35(28(2)19-27)23-39(50)58-43(3,4)5)57-40-34-14-11-31(55-6)20-29(34)21-38(45-40)47-15-17-56-18-16-47/h8,10-11,14,20-21,27-28,30,32-33,35-36H,7,9,12-13,15-19,22-26H2,1-6H3,(H,46,52)/b10-8-/t27-,28-,30-,32-,35+,36+,44-/m1/s1/i3D3. The largest absolute Gasteiger partial charge is 0.497 e. The average molecular weight is 840 g/mol. The number of carbonyl (C=O) groups is 4. The van der Waals surface area contributed by atoms with E-state index in [0.29, 0.717) is 74.8 Å². The molecule has 0 bridgehead atoms. The lowest BCUT2D eigenvalue weighted by Crippen LogP contribution is -2.47. The Balaban J connectivity index is 1.25. The van der Waals surface area contributed by atoms with E-state index in [1.165, 1.54) is 18.7 Å². The van der Waals surface area contributed by atoms with Crippen molar-refractivity contribution in [1.82, 2.24) is 14.6 Å². The van der Waals surface area contributed by atoms with Crippen molar-refractivity contribution in [2.75, 3.05) is 44.9 Å². The van der Waals surface area contributed by atoms with Gasteiger partial charge in [-0.3, -0.25) is 23.9 Å². The molecule has 0 radical (unpaired) electrons. The molecule has 4 heterocycles. The first-order chi connectivity index (χ1) is 29.2. The molecule has 7 rings (SSSR count). The van der Waals surface area contributed by atoms with Gasteiger partial charge in [0.05, 0.1) is 55.9 Å². The third-order valence-electron chi connectivity index (χ3n) is 12.5. The van der Waals surface area contributed by atoms with Crippen LogP contribution in [0.4, 0.5) is 5.82 Å². The number of aromatic nitrogens is 1. The van der Waals surface area contributed by atoms with Crippen molar-refractivity contribution in [3.8, 4) is 11.6 Å². The highest BCUT2D eigenvalue weighted by Gasteiger charge is 2.61. The van der Waals surface area contributed by atoms with Gasteiger partial charge in [-0.1, -0.05) is 26.0 Å². The molecule has 2 saturated carbocycles. The quantitative estimate of drug-likeness (QED) is 0.254. The topological polar surface area (TPSA) is 171 Å². The summed E-state index contributed by atoms with van der Waals surface area (Å²) in [5.41, 5.74) is -3.14. The van der Waals surface area contributed by atoms with Crippen LogP contribution >= 0.6 is 0 Å². The van der Waals surface area contributed by atoms with Crippen LogP contribution in [0.1, 0.15) is 96.4 Å². The summed E-state index contributed by atoms with van der Waals surface area (Å²) in [6, 6.07) is 6.38. The summed E-state index contributed by atoms with van der Waals surface area (Å²) in [6.45, 7) is 6.16. The van der Waals surface area contributed by atoms with Crippen molar-refractivity contribution in [2.45, 2.75) is 115 Å². The highest BCUT2D eigenvalue weighted by atomic mass is 32.2. The molecule has 0 spiro atoms. The van der Waals surface area contributed by atoms with E-state index in [-0.39, 0.29) is 43.6 Å². The van der Waals surface area contributed by atoms with Crippen molar-refractivity contribution >= 4 is 50.2 Å². The van der Waals surface area contributed by atoms with Gasteiger partial charge in [0, 0.05) is 35.4 Å². The van der Waals surface area contributed by atoms with Gasteiger partial charge in [0.15, 0.2) is 5.78 Å². The van der Waals surface area contributed by atoms with Gasteiger partial charge < -0.3 is 28.7 Å². The molecule has 1 aromatic carbocycles. The number of amides is 2. The number of rotatable bonds is 9. The summed E-state index contributed by atoms with van der Waals surface area (Å²) >= 11 is 0. The second-order valence-electron chi connectivity index (χ2n) is 17.9. The molecule has 2 aromatic rings. The Bertz CT molecular complexity index is 2190. The van der Waals surface area contributed by atoms with Crippen LogP contribution in [0.2, 0.25) is 0 Å². The SMILES string of the molecule is [2H]C([2H])([2H])C(C)(C)OC(=O)C[C@@H]1C(=O)N2C[C@H](Oc3nc(N4CCOCC4)cc4cc(OC)ccc34)C[C@H]2C(=O)C[C@]2(C(=O)NS(=O)(=O)C3CC3)C[C@H]2/C=C\CC[C@@H](C)C[C@H]1C. The minimum Gasteiger partial charge on any atom is -0.497 e. The van der Waals surface area contributed by atoms with Gasteiger partial charge in [-0.15, -0.1) is 0 Å². The molecule has 3 aliphatic heterocycles. The van der Waals surface area contributed by atoms with E-state index in [1.807, 2.05) is 37.3 Å². The number of esters is 1. The number of nitrogens with zero attached hydrogens (tertiary/aromatic N) is 3. The maximum atomic E-state index is 15.1. The van der Waals surface area contributed by atoms with Crippen LogP contribution in [0.5, 0.6) is 11.6 Å². The van der Waals surface area contributed by atoms with Crippen molar-refractivity contribution < 1.29 is 50.7 Å². The summed E-state index contributed by atoms with van der Waals surface area (Å²) in [5, 5.41) is 0.851. The number of allylic oxidation sites excluding steroid dienone is 2. The van der Waals surface area contributed by atoms with E-state index in [1.54, 1.807) is 13.2 Å². The molecule has 7 atom stereocenters. The Kier molecular flexibility index (Phi) is 11.2. The third kappa shape index (κ3) is 9.88. The molecule has 0 unspecified atom stereocenters. The molecule has 1 N–H and O–H groups in total. The summed E-state index contributed by atoms with van der Waals surface area (Å²) in [5.74, 6) is -2.53. The van der Waals surface area contributed by atoms with E-state index >= 15 is 4.79 Å². The van der Waals surface area contributed by atoms with Gasteiger partial charge in [-0.2, -0.15) is 4.98 Å². The van der Waals surface area contributed by atoms with Gasteiger partial charge >= 0.3 is 5.97 Å². The molecule has 59 heavy (non-hydrogen) atoms. The van der Waals surface area contributed by atoms with E-state index in [2.05, 4.69) is 16.5 Å². The first-order valence-electron chi connectivity index (χ1n) is 22.5. The zero-order chi connectivity index (χ0) is 44.8. The summed E-state index contributed by atoms with van der Waals surface area (Å²) in [7, 11) is -2.33. The molecule has 1 aromatic heterocycles. The number of benzene rings is 1. The molecule has 2 aliphatic carbocycles. The van der Waals surface area contributed by atoms with Crippen molar-refractivity contribution in [1.29, 1.82) is 0 Å². The van der Waals surface area contributed by atoms with E-state index in [0.717, 1.165) is 11.8 Å². The monoisotopic (exact) mass is 839 g/mol. The van der Waals surface area contributed by atoms with Gasteiger partial charge in [0.1, 0.15) is 23.3 Å². The smallest absolute Gasteiger partial charge is 0.307 e. The number of anilines is 1. The molecule has 2 amide bonds. The Labute approximate surface area is 352 Å². The number of ketones is 1. The maximum absolute atomic E-state index is 15.1. The first-order valence-corrected chi connectivity index (χ1v) is 22.5. The Morgan fingerprint density at radius 1 is 1.10 bits per heavy atom. The normalized spacial score (nSPS) is 31.0. The Morgan fingerprint density at radius 3 is 2.58 bits per heavy atom. The van der Waals surface area contributed by atoms with E-state index < -0.39 is 81.2 Å². The van der Waals surface area contributed by atoms with Crippen molar-refractivity contribution in [3.05, 3.63) is 36.4 Å². The zero-order valence-electron chi connectivity index (χ0n) is 37.7. The molecule has 322 valence electrons. The predicted molar refractivity (Wildman–Crippen MR) is 221 cm³/mol. The average Bonchev–Trinajstić information content (AvgIpc) is 4.14. The molecular weight excluding hydrogens is 777 g/mol. The molecule has 2 saturated heterocycles. The highest BCUT2D eigenvalue weighted by Crippen LogP contribution is 2.57. The minimum absolute atomic E-state index is 0.0400. The van der Waals surface area contributed by atoms with Gasteiger partial charge in [0.25, 0.3) is 0 Å². The molecule has 14 nitrogen and oxygen atoms in total. The van der Waals surface area contributed by atoms with Crippen LogP contribution in [0.15, 0.2) is 36.4 Å². The van der Waals surface area contributed by atoms with E-state index in [9.17, 15) is 22.8 Å². The maximum Gasteiger partial charge on any atom is 0.307 e. The lowest BCUT2D eigenvalue weighted by Gasteiger charge is -2.32. The Morgan fingerprint density at radius 2 is 1.86 bits per heavy atom. The number of ether oxygens (including phenoxy) is 4.